The van der Waals surface area contributed by atoms with Crippen LogP contribution >= 0.6 is 0 Å². The van der Waals surface area contributed by atoms with Gasteiger partial charge in [-0.25, -0.2) is 0 Å². The summed E-state index contributed by atoms with van der Waals surface area (Å²) in [5, 5.41) is 0. The van der Waals surface area contributed by atoms with Gasteiger partial charge in [0.15, 0.2) is 5.79 Å². The van der Waals surface area contributed by atoms with Crippen LogP contribution in [-0.4, -0.2) is 18.0 Å². The second-order valence-electron chi connectivity index (χ2n) is 6.13. The third kappa shape index (κ3) is 1.68. The van der Waals surface area contributed by atoms with E-state index in [-0.39, 0.29) is 5.79 Å². The Morgan fingerprint density at radius 2 is 1.88 bits per heavy atom. The van der Waals surface area contributed by atoms with Crippen molar-refractivity contribution in [2.24, 2.45) is 11.8 Å². The zero-order chi connectivity index (χ0) is 12.0. The Hall–Kier alpha value is -0.340. The van der Waals surface area contributed by atoms with Crippen LogP contribution in [0.15, 0.2) is 12.2 Å². The van der Waals surface area contributed by atoms with Crippen molar-refractivity contribution in [3.05, 3.63) is 12.2 Å². The molecule has 3 aliphatic rings. The van der Waals surface area contributed by atoms with Crippen LogP contribution in [-0.2, 0) is 9.47 Å². The first-order chi connectivity index (χ1) is 8.15. The summed E-state index contributed by atoms with van der Waals surface area (Å²) in [6, 6.07) is 0. The van der Waals surface area contributed by atoms with Crippen LogP contribution in [0.1, 0.15) is 52.4 Å². The molecule has 0 amide bonds. The van der Waals surface area contributed by atoms with Crippen LogP contribution in [0, 0.1) is 11.8 Å². The van der Waals surface area contributed by atoms with Crippen molar-refractivity contribution in [3.63, 3.8) is 0 Å². The Balaban J connectivity index is 1.86. The number of ether oxygens (including phenoxy) is 2. The second kappa shape index (κ2) is 4.10. The van der Waals surface area contributed by atoms with Gasteiger partial charge in [0.25, 0.3) is 0 Å². The first kappa shape index (κ1) is 11.7. The fraction of sp³-hybridized carbons (Fsp3) is 0.867. The summed E-state index contributed by atoms with van der Waals surface area (Å²) in [6.07, 6.45) is 7.67. The van der Waals surface area contributed by atoms with Crippen molar-refractivity contribution in [2.45, 2.75) is 70.4 Å². The van der Waals surface area contributed by atoms with Gasteiger partial charge < -0.3 is 9.47 Å². The lowest BCUT2D eigenvalue weighted by Crippen LogP contribution is -2.49. The smallest absolute Gasteiger partial charge is 0.175 e. The molecule has 0 N–H and O–H groups in total. The largest absolute Gasteiger partial charge is 0.343 e. The number of fused-ring (bicyclic) bond motifs is 1. The zero-order valence-corrected chi connectivity index (χ0v) is 11.1. The van der Waals surface area contributed by atoms with E-state index in [0.717, 1.165) is 19.3 Å². The first-order valence-electron chi connectivity index (χ1n) is 7.18. The van der Waals surface area contributed by atoms with Gasteiger partial charge in [-0.3, -0.25) is 0 Å². The van der Waals surface area contributed by atoms with Gasteiger partial charge in [0.1, 0.15) is 0 Å². The van der Waals surface area contributed by atoms with Crippen LogP contribution in [0.25, 0.3) is 0 Å². The number of hydrogen-bond acceptors (Lipinski definition) is 2. The summed E-state index contributed by atoms with van der Waals surface area (Å²) in [5.74, 6) is 0.676. The molecule has 2 nitrogen and oxygen atoms in total. The highest BCUT2D eigenvalue weighted by Crippen LogP contribution is 2.52. The molecule has 2 heteroatoms. The van der Waals surface area contributed by atoms with Crippen LogP contribution in [0.3, 0.4) is 0 Å². The summed E-state index contributed by atoms with van der Waals surface area (Å²) < 4.78 is 12.8. The molecule has 1 spiro atoms. The highest BCUT2D eigenvalue weighted by atomic mass is 16.8. The van der Waals surface area contributed by atoms with E-state index in [1.54, 1.807) is 0 Å². The molecule has 2 saturated carbocycles. The molecule has 0 aromatic rings. The monoisotopic (exact) mass is 236 g/mol. The standard InChI is InChI=1S/C15H24O2/c1-4-12-9-10(2)8-11(3)15(12)16-13-6-5-7-14(13)17-15/h11-14H,2,4-9H2,1,3H3. The minimum atomic E-state index is -0.286. The van der Waals surface area contributed by atoms with Gasteiger partial charge >= 0.3 is 0 Å². The molecule has 17 heavy (non-hydrogen) atoms. The van der Waals surface area contributed by atoms with Gasteiger partial charge in [0, 0.05) is 11.8 Å². The maximum atomic E-state index is 6.41. The molecule has 0 bridgehead atoms. The van der Waals surface area contributed by atoms with E-state index in [4.69, 9.17) is 9.47 Å². The highest BCUT2D eigenvalue weighted by molar-refractivity contribution is 5.10. The lowest BCUT2D eigenvalue weighted by atomic mass is 9.73. The van der Waals surface area contributed by atoms with Crippen LogP contribution in [0.5, 0.6) is 0 Å². The summed E-state index contributed by atoms with van der Waals surface area (Å²) in [5.41, 5.74) is 1.37. The van der Waals surface area contributed by atoms with Crippen molar-refractivity contribution in [1.82, 2.24) is 0 Å². The summed E-state index contributed by atoms with van der Waals surface area (Å²) in [6.45, 7) is 8.70. The third-order valence-corrected chi connectivity index (χ3v) is 4.94. The predicted octanol–water partition coefficient (Wildman–Crippen LogP) is 3.66. The fourth-order valence-electron chi connectivity index (χ4n) is 4.07. The summed E-state index contributed by atoms with van der Waals surface area (Å²) in [7, 11) is 0. The average molecular weight is 236 g/mol. The third-order valence-electron chi connectivity index (χ3n) is 4.94. The fourth-order valence-corrected chi connectivity index (χ4v) is 4.07. The molecule has 0 aromatic carbocycles. The number of rotatable bonds is 1. The van der Waals surface area contributed by atoms with Crippen molar-refractivity contribution in [1.29, 1.82) is 0 Å². The normalized spacial score (nSPS) is 49.9. The van der Waals surface area contributed by atoms with E-state index in [2.05, 4.69) is 20.4 Å². The Kier molecular flexibility index (Phi) is 2.83. The Morgan fingerprint density at radius 3 is 2.47 bits per heavy atom. The Morgan fingerprint density at radius 1 is 1.24 bits per heavy atom. The van der Waals surface area contributed by atoms with Gasteiger partial charge in [-0.05, 0) is 38.5 Å². The highest BCUT2D eigenvalue weighted by Gasteiger charge is 2.57. The van der Waals surface area contributed by atoms with Crippen LogP contribution < -0.4 is 0 Å². The van der Waals surface area contributed by atoms with Crippen LogP contribution in [0.4, 0.5) is 0 Å². The predicted molar refractivity (Wildman–Crippen MR) is 67.6 cm³/mol. The van der Waals surface area contributed by atoms with Gasteiger partial charge in [-0.2, -0.15) is 0 Å². The molecule has 3 rings (SSSR count). The van der Waals surface area contributed by atoms with Crippen molar-refractivity contribution < 1.29 is 9.47 Å². The van der Waals surface area contributed by atoms with Crippen LogP contribution in [0.2, 0.25) is 0 Å². The molecule has 3 fully saturated rings. The van der Waals surface area contributed by atoms with E-state index >= 15 is 0 Å². The Bertz CT molecular complexity index is 311. The molecular weight excluding hydrogens is 212 g/mol. The maximum absolute atomic E-state index is 6.41. The quantitative estimate of drug-likeness (QED) is 0.647. The lowest BCUT2D eigenvalue weighted by Gasteiger charge is -2.45. The molecule has 0 radical (unpaired) electrons. The molecule has 4 atom stereocenters. The minimum Gasteiger partial charge on any atom is -0.343 e. The van der Waals surface area contributed by atoms with E-state index in [0.29, 0.717) is 24.0 Å². The first-order valence-corrected chi connectivity index (χ1v) is 7.18. The lowest BCUT2D eigenvalue weighted by molar-refractivity contribution is -0.253. The van der Waals surface area contributed by atoms with Gasteiger partial charge in [-0.1, -0.05) is 26.0 Å². The molecule has 1 aliphatic heterocycles. The van der Waals surface area contributed by atoms with E-state index in [1.807, 2.05) is 0 Å². The zero-order valence-electron chi connectivity index (χ0n) is 11.1. The number of allylic oxidation sites excluding steroid dienone is 1. The van der Waals surface area contributed by atoms with Crippen molar-refractivity contribution >= 4 is 0 Å². The Labute approximate surface area is 104 Å². The van der Waals surface area contributed by atoms with Crippen molar-refractivity contribution in [2.75, 3.05) is 0 Å². The SMILES string of the molecule is C=C1CC(C)C2(OC3CCCC3O2)C(CC)C1. The van der Waals surface area contributed by atoms with E-state index in [9.17, 15) is 0 Å². The minimum absolute atomic E-state index is 0.286. The second-order valence-corrected chi connectivity index (χ2v) is 6.13. The van der Waals surface area contributed by atoms with Crippen molar-refractivity contribution in [3.8, 4) is 0 Å². The molecule has 1 heterocycles. The maximum Gasteiger partial charge on any atom is 0.175 e. The van der Waals surface area contributed by atoms with E-state index in [1.165, 1.54) is 24.8 Å². The number of hydrogen-bond donors (Lipinski definition) is 0. The molecule has 2 aliphatic carbocycles. The average Bonchev–Trinajstić information content (AvgIpc) is 2.82. The molecule has 4 unspecified atom stereocenters. The van der Waals surface area contributed by atoms with Gasteiger partial charge in [0.05, 0.1) is 12.2 Å². The van der Waals surface area contributed by atoms with Gasteiger partial charge in [-0.15, -0.1) is 0 Å². The van der Waals surface area contributed by atoms with E-state index < -0.39 is 0 Å². The molecule has 96 valence electrons. The molecular formula is C15H24O2. The topological polar surface area (TPSA) is 18.5 Å². The molecule has 0 aromatic heterocycles. The molecule has 1 saturated heterocycles. The summed E-state index contributed by atoms with van der Waals surface area (Å²) in [4.78, 5) is 0. The summed E-state index contributed by atoms with van der Waals surface area (Å²) >= 11 is 0. The van der Waals surface area contributed by atoms with Gasteiger partial charge in [0.2, 0.25) is 0 Å².